The highest BCUT2D eigenvalue weighted by Crippen LogP contribution is 2.12. The third-order valence-electron chi connectivity index (χ3n) is 2.54. The quantitative estimate of drug-likeness (QED) is 0.702. The maximum absolute atomic E-state index is 11.7. The number of hydrogen-bond acceptors (Lipinski definition) is 4. The van der Waals surface area contributed by atoms with Gasteiger partial charge in [0.15, 0.2) is 5.78 Å². The minimum Gasteiger partial charge on any atom is -0.294 e. The van der Waals surface area contributed by atoms with Gasteiger partial charge in [-0.25, -0.2) is 10.4 Å². The third kappa shape index (κ3) is 2.72. The van der Waals surface area contributed by atoms with Crippen molar-refractivity contribution in [1.82, 2.24) is 15.6 Å². The second kappa shape index (κ2) is 5.92. The summed E-state index contributed by atoms with van der Waals surface area (Å²) in [6.45, 7) is 10.5. The lowest BCUT2D eigenvalue weighted by Gasteiger charge is -2.40. The molecule has 1 rings (SSSR count). The number of rotatable bonds is 4. The predicted octanol–water partition coefficient (Wildman–Crippen LogP) is -0.180. The number of amides is 2. The highest BCUT2D eigenvalue weighted by molar-refractivity contribution is 5.95. The zero-order chi connectivity index (χ0) is 13.7. The Kier molecular flexibility index (Phi) is 4.56. The van der Waals surface area contributed by atoms with E-state index in [4.69, 9.17) is 0 Å². The normalized spacial score (nSPS) is 19.0. The van der Waals surface area contributed by atoms with E-state index in [1.807, 2.05) is 0 Å². The molecule has 0 aromatic carbocycles. The van der Waals surface area contributed by atoms with E-state index in [1.165, 1.54) is 6.08 Å². The van der Waals surface area contributed by atoms with E-state index in [1.54, 1.807) is 0 Å². The van der Waals surface area contributed by atoms with Crippen LogP contribution >= 0.6 is 0 Å². The Morgan fingerprint density at radius 2 is 1.67 bits per heavy atom. The minimum atomic E-state index is -0.477. The second-order valence-electron chi connectivity index (χ2n) is 3.64. The molecular weight excluding hydrogens is 234 g/mol. The largest absolute Gasteiger partial charge is 0.294 e. The van der Waals surface area contributed by atoms with Gasteiger partial charge in [-0.1, -0.05) is 19.7 Å². The zero-order valence-electron chi connectivity index (χ0n) is 9.96. The van der Waals surface area contributed by atoms with Gasteiger partial charge >= 0.3 is 0 Å². The van der Waals surface area contributed by atoms with Gasteiger partial charge in [-0.15, -0.1) is 0 Å². The molecule has 1 fully saturated rings. The van der Waals surface area contributed by atoms with Crippen LogP contribution in [0.1, 0.15) is 0 Å². The summed E-state index contributed by atoms with van der Waals surface area (Å²) in [6, 6.07) is 0. The van der Waals surface area contributed by atoms with Crippen molar-refractivity contribution < 1.29 is 14.4 Å². The first kappa shape index (κ1) is 13.9. The summed E-state index contributed by atoms with van der Waals surface area (Å²) in [5.41, 5.74) is 2.70. The van der Waals surface area contributed by atoms with Gasteiger partial charge < -0.3 is 0 Å². The van der Waals surface area contributed by atoms with Crippen molar-refractivity contribution in [2.24, 2.45) is 5.92 Å². The minimum absolute atomic E-state index is 0.0995. The van der Waals surface area contributed by atoms with Gasteiger partial charge in [0.2, 0.25) is 0 Å². The van der Waals surface area contributed by atoms with Crippen LogP contribution in [0.2, 0.25) is 0 Å². The summed E-state index contributed by atoms with van der Waals surface area (Å²) < 4.78 is 0. The number of carbonyl (C=O) groups excluding carboxylic acids is 3. The van der Waals surface area contributed by atoms with Crippen molar-refractivity contribution in [2.45, 2.75) is 0 Å². The molecule has 0 aliphatic carbocycles. The van der Waals surface area contributed by atoms with Crippen molar-refractivity contribution in [1.29, 1.82) is 0 Å². The summed E-state index contributed by atoms with van der Waals surface area (Å²) in [7, 11) is 0. The number of carbonyl (C=O) groups is 3. The average Bonchev–Trinajstić information content (AvgIpc) is 2.43. The van der Waals surface area contributed by atoms with Crippen LogP contribution in [0.5, 0.6) is 0 Å². The van der Waals surface area contributed by atoms with Gasteiger partial charge in [0.05, 0.1) is 12.5 Å². The van der Waals surface area contributed by atoms with Gasteiger partial charge in [-0.2, -0.15) is 5.12 Å². The molecule has 6 nitrogen and oxygen atoms in total. The fourth-order valence-electron chi connectivity index (χ4n) is 1.57. The van der Waals surface area contributed by atoms with E-state index < -0.39 is 17.7 Å². The van der Waals surface area contributed by atoms with Crippen molar-refractivity contribution in [3.8, 4) is 0 Å². The lowest BCUT2D eigenvalue weighted by Crippen LogP contribution is -2.63. The molecule has 6 heteroatoms. The molecule has 0 spiro atoms. The van der Waals surface area contributed by atoms with E-state index in [0.717, 1.165) is 22.3 Å². The number of hydrazine groups is 2. The molecule has 0 bridgehead atoms. The maximum atomic E-state index is 11.7. The van der Waals surface area contributed by atoms with Gasteiger partial charge in [0.25, 0.3) is 11.8 Å². The van der Waals surface area contributed by atoms with Crippen molar-refractivity contribution in [3.63, 3.8) is 0 Å². The standard InChI is InChI=1S/C12H15N3O3/c1-4-10(16)9-7-13-15(12(18)6-3)14(8-9)11(17)5-2/h4-6,9,13H,1-3,7-8H2. The summed E-state index contributed by atoms with van der Waals surface area (Å²) >= 11 is 0. The van der Waals surface area contributed by atoms with Crippen LogP contribution in [0.15, 0.2) is 38.0 Å². The smallest absolute Gasteiger partial charge is 0.279 e. The molecule has 1 atom stereocenters. The Morgan fingerprint density at radius 1 is 1.06 bits per heavy atom. The molecule has 1 unspecified atom stereocenters. The van der Waals surface area contributed by atoms with E-state index in [0.29, 0.717) is 0 Å². The van der Waals surface area contributed by atoms with Crippen molar-refractivity contribution >= 4 is 17.6 Å². The van der Waals surface area contributed by atoms with Gasteiger partial charge in [-0.3, -0.25) is 14.4 Å². The second-order valence-corrected chi connectivity index (χ2v) is 3.64. The first-order valence-corrected chi connectivity index (χ1v) is 5.35. The molecule has 0 radical (unpaired) electrons. The van der Waals surface area contributed by atoms with Crippen LogP contribution in [-0.4, -0.2) is 40.8 Å². The van der Waals surface area contributed by atoms with Crippen LogP contribution in [0, 0.1) is 5.92 Å². The van der Waals surface area contributed by atoms with Gasteiger partial charge in [-0.05, 0) is 18.2 Å². The highest BCUT2D eigenvalue weighted by Gasteiger charge is 2.33. The van der Waals surface area contributed by atoms with Crippen LogP contribution in [-0.2, 0) is 14.4 Å². The molecule has 1 saturated heterocycles. The monoisotopic (exact) mass is 249 g/mol. The Labute approximate surface area is 105 Å². The third-order valence-corrected chi connectivity index (χ3v) is 2.54. The Morgan fingerprint density at radius 3 is 2.17 bits per heavy atom. The molecule has 1 aliphatic heterocycles. The maximum Gasteiger partial charge on any atom is 0.279 e. The summed E-state index contributed by atoms with van der Waals surface area (Å²) in [5.74, 6) is -1.57. The van der Waals surface area contributed by atoms with Crippen LogP contribution in [0.4, 0.5) is 0 Å². The number of allylic oxidation sites excluding steroid dienone is 1. The van der Waals surface area contributed by atoms with E-state index in [2.05, 4.69) is 25.2 Å². The van der Waals surface area contributed by atoms with Crippen LogP contribution in [0.25, 0.3) is 0 Å². The fourth-order valence-corrected chi connectivity index (χ4v) is 1.57. The van der Waals surface area contributed by atoms with Crippen LogP contribution in [0.3, 0.4) is 0 Å². The Bertz CT molecular complexity index is 417. The first-order chi connectivity index (χ1) is 8.54. The SMILES string of the molecule is C=CC(=O)C1CNN(C(=O)C=C)N(C(=O)C=C)C1. The molecule has 1 heterocycles. The Balaban J connectivity index is 2.92. The molecule has 1 aliphatic rings. The molecule has 1 N–H and O–H groups in total. The molecule has 0 aromatic rings. The predicted molar refractivity (Wildman–Crippen MR) is 65.6 cm³/mol. The van der Waals surface area contributed by atoms with E-state index in [-0.39, 0.29) is 18.9 Å². The molecular formula is C12H15N3O3. The van der Waals surface area contributed by atoms with Crippen molar-refractivity contribution in [2.75, 3.05) is 13.1 Å². The lowest BCUT2D eigenvalue weighted by atomic mass is 10.0. The van der Waals surface area contributed by atoms with Crippen LogP contribution < -0.4 is 5.43 Å². The topological polar surface area (TPSA) is 69.7 Å². The lowest BCUT2D eigenvalue weighted by molar-refractivity contribution is -0.174. The molecule has 96 valence electrons. The molecule has 0 aromatic heterocycles. The first-order valence-electron chi connectivity index (χ1n) is 5.35. The molecule has 18 heavy (non-hydrogen) atoms. The number of nitrogens with one attached hydrogen (secondary N) is 1. The van der Waals surface area contributed by atoms with Gasteiger partial charge in [0, 0.05) is 6.54 Å². The summed E-state index contributed by atoms with van der Waals surface area (Å²) in [4.78, 5) is 34.7. The molecule has 2 amide bonds. The fraction of sp³-hybridized carbons (Fsp3) is 0.250. The summed E-state index contributed by atoms with van der Waals surface area (Å²) in [5, 5.41) is 2.15. The van der Waals surface area contributed by atoms with E-state index in [9.17, 15) is 14.4 Å². The Hall–Kier alpha value is -2.21. The number of hydrogen-bond donors (Lipinski definition) is 1. The van der Waals surface area contributed by atoms with E-state index >= 15 is 0 Å². The number of nitrogens with zero attached hydrogens (tertiary/aromatic N) is 2. The average molecular weight is 249 g/mol. The molecule has 0 saturated carbocycles. The van der Waals surface area contributed by atoms with Crippen molar-refractivity contribution in [3.05, 3.63) is 38.0 Å². The number of ketones is 1. The zero-order valence-corrected chi connectivity index (χ0v) is 9.96. The van der Waals surface area contributed by atoms with Gasteiger partial charge in [0.1, 0.15) is 0 Å². The highest BCUT2D eigenvalue weighted by atomic mass is 16.2. The summed E-state index contributed by atoms with van der Waals surface area (Å²) in [6.07, 6.45) is 3.35.